The second-order valence-electron chi connectivity index (χ2n) is 4.19. The number of pyridine rings is 1. The largest absolute Gasteiger partial charge is 0.356 e. The van der Waals surface area contributed by atoms with Gasteiger partial charge in [-0.25, -0.2) is 4.98 Å². The molecule has 0 bridgehead atoms. The van der Waals surface area contributed by atoms with Crippen molar-refractivity contribution in [3.8, 4) is 0 Å². The highest BCUT2D eigenvalue weighted by molar-refractivity contribution is 9.10. The van der Waals surface area contributed by atoms with E-state index in [4.69, 9.17) is 5.73 Å². The van der Waals surface area contributed by atoms with Crippen molar-refractivity contribution < 1.29 is 0 Å². The molecular weight excluding hydrogens is 254 g/mol. The fourth-order valence-electron chi connectivity index (χ4n) is 1.98. The fourth-order valence-corrected chi connectivity index (χ4v) is 2.21. The van der Waals surface area contributed by atoms with Crippen LogP contribution in [0.5, 0.6) is 0 Å². The van der Waals surface area contributed by atoms with Crippen LogP contribution in [0.15, 0.2) is 22.8 Å². The summed E-state index contributed by atoms with van der Waals surface area (Å²) in [5, 5.41) is 0. The van der Waals surface area contributed by atoms with E-state index >= 15 is 0 Å². The second kappa shape index (κ2) is 4.49. The highest BCUT2D eigenvalue weighted by atomic mass is 79.9. The summed E-state index contributed by atoms with van der Waals surface area (Å²) in [6.07, 6.45) is 3.02. The van der Waals surface area contributed by atoms with Gasteiger partial charge in [-0.05, 0) is 47.3 Å². The van der Waals surface area contributed by atoms with Gasteiger partial charge in [0.15, 0.2) is 0 Å². The number of aromatic nitrogens is 1. The zero-order valence-corrected chi connectivity index (χ0v) is 10.4. The molecule has 0 radical (unpaired) electrons. The Morgan fingerprint density at radius 2 is 2.40 bits per heavy atom. The lowest BCUT2D eigenvalue weighted by molar-refractivity contribution is 0.488. The molecule has 0 amide bonds. The molecule has 2 N–H and O–H groups in total. The van der Waals surface area contributed by atoms with Crippen LogP contribution in [0.1, 0.15) is 13.3 Å². The zero-order chi connectivity index (χ0) is 10.8. The van der Waals surface area contributed by atoms with Gasteiger partial charge in [-0.15, -0.1) is 0 Å². The average molecular weight is 270 g/mol. The summed E-state index contributed by atoms with van der Waals surface area (Å²) in [7, 11) is 0. The van der Waals surface area contributed by atoms with Gasteiger partial charge >= 0.3 is 0 Å². The van der Waals surface area contributed by atoms with E-state index < -0.39 is 0 Å². The van der Waals surface area contributed by atoms with Gasteiger partial charge in [0, 0.05) is 29.8 Å². The maximum Gasteiger partial charge on any atom is 0.128 e. The summed E-state index contributed by atoms with van der Waals surface area (Å²) in [4.78, 5) is 6.70. The fraction of sp³-hybridized carbons (Fsp3) is 0.545. The molecule has 2 heterocycles. The summed E-state index contributed by atoms with van der Waals surface area (Å²) in [6.45, 7) is 4.19. The highest BCUT2D eigenvalue weighted by Crippen LogP contribution is 2.24. The molecule has 0 aliphatic carbocycles. The van der Waals surface area contributed by atoms with Crippen LogP contribution in [0.3, 0.4) is 0 Å². The summed E-state index contributed by atoms with van der Waals surface area (Å²) in [5.74, 6) is 1.66. The SMILES string of the molecule is CC(N)C1CCN(c2ccc(Br)cn2)C1. The summed E-state index contributed by atoms with van der Waals surface area (Å²) < 4.78 is 1.02. The molecule has 0 saturated carbocycles. The smallest absolute Gasteiger partial charge is 0.128 e. The lowest BCUT2D eigenvalue weighted by atomic mass is 10.0. The molecule has 2 rings (SSSR count). The minimum Gasteiger partial charge on any atom is -0.356 e. The normalized spacial score (nSPS) is 23.1. The molecular formula is C11H16BrN3. The molecule has 0 aromatic carbocycles. The Bertz CT molecular complexity index is 323. The quantitative estimate of drug-likeness (QED) is 0.894. The van der Waals surface area contributed by atoms with Crippen molar-refractivity contribution in [2.24, 2.45) is 11.7 Å². The van der Waals surface area contributed by atoms with Crippen LogP contribution >= 0.6 is 15.9 Å². The lowest BCUT2D eigenvalue weighted by Gasteiger charge is -2.18. The molecule has 1 aromatic rings. The molecule has 1 aromatic heterocycles. The Kier molecular flexibility index (Phi) is 3.26. The van der Waals surface area contributed by atoms with Crippen molar-refractivity contribution in [1.29, 1.82) is 0 Å². The number of nitrogens with two attached hydrogens (primary N) is 1. The van der Waals surface area contributed by atoms with E-state index in [9.17, 15) is 0 Å². The minimum absolute atomic E-state index is 0.283. The topological polar surface area (TPSA) is 42.1 Å². The number of rotatable bonds is 2. The Hall–Kier alpha value is -0.610. The van der Waals surface area contributed by atoms with Gasteiger partial charge < -0.3 is 10.6 Å². The third-order valence-electron chi connectivity index (χ3n) is 3.00. The van der Waals surface area contributed by atoms with Gasteiger partial charge in [0.25, 0.3) is 0 Å². The van der Waals surface area contributed by atoms with Crippen molar-refractivity contribution in [2.75, 3.05) is 18.0 Å². The molecule has 0 spiro atoms. The summed E-state index contributed by atoms with van der Waals surface area (Å²) in [6, 6.07) is 4.36. The van der Waals surface area contributed by atoms with Gasteiger partial charge in [0.1, 0.15) is 5.82 Å². The van der Waals surface area contributed by atoms with Crippen LogP contribution in [0.2, 0.25) is 0 Å². The molecule has 1 fully saturated rings. The van der Waals surface area contributed by atoms with Crippen molar-refractivity contribution in [3.05, 3.63) is 22.8 Å². The lowest BCUT2D eigenvalue weighted by Crippen LogP contribution is -2.29. The maximum atomic E-state index is 5.91. The third-order valence-corrected chi connectivity index (χ3v) is 3.47. The summed E-state index contributed by atoms with van der Waals surface area (Å²) >= 11 is 3.39. The molecule has 1 aliphatic rings. The molecule has 4 heteroatoms. The molecule has 2 unspecified atom stereocenters. The van der Waals surface area contributed by atoms with E-state index in [0.29, 0.717) is 5.92 Å². The Morgan fingerprint density at radius 3 is 2.93 bits per heavy atom. The van der Waals surface area contributed by atoms with Crippen LogP contribution in [0, 0.1) is 5.92 Å². The molecule has 3 nitrogen and oxygen atoms in total. The average Bonchev–Trinajstić information content (AvgIpc) is 2.68. The predicted octanol–water partition coefficient (Wildman–Crippen LogP) is 2.02. The second-order valence-corrected chi connectivity index (χ2v) is 5.10. The predicted molar refractivity (Wildman–Crippen MR) is 65.9 cm³/mol. The van der Waals surface area contributed by atoms with Crippen LogP contribution < -0.4 is 10.6 Å². The van der Waals surface area contributed by atoms with Gasteiger partial charge in [-0.1, -0.05) is 0 Å². The van der Waals surface area contributed by atoms with Crippen LogP contribution in [-0.2, 0) is 0 Å². The van der Waals surface area contributed by atoms with Gasteiger partial charge in [0.05, 0.1) is 0 Å². The van der Waals surface area contributed by atoms with Crippen LogP contribution in [0.25, 0.3) is 0 Å². The third kappa shape index (κ3) is 2.49. The van der Waals surface area contributed by atoms with Crippen LogP contribution in [0.4, 0.5) is 5.82 Å². The number of hydrogen-bond donors (Lipinski definition) is 1. The number of anilines is 1. The molecule has 1 aliphatic heterocycles. The zero-order valence-electron chi connectivity index (χ0n) is 8.86. The Morgan fingerprint density at radius 1 is 1.60 bits per heavy atom. The molecule has 1 saturated heterocycles. The summed E-state index contributed by atoms with van der Waals surface area (Å²) in [5.41, 5.74) is 5.91. The van der Waals surface area contributed by atoms with Crippen molar-refractivity contribution >= 4 is 21.7 Å². The molecule has 15 heavy (non-hydrogen) atoms. The van der Waals surface area contributed by atoms with Crippen molar-refractivity contribution in [3.63, 3.8) is 0 Å². The molecule has 2 atom stereocenters. The van der Waals surface area contributed by atoms with E-state index in [1.807, 2.05) is 18.3 Å². The van der Waals surface area contributed by atoms with Crippen molar-refractivity contribution in [1.82, 2.24) is 4.98 Å². The van der Waals surface area contributed by atoms with E-state index in [1.165, 1.54) is 6.42 Å². The van der Waals surface area contributed by atoms with Gasteiger partial charge in [-0.2, -0.15) is 0 Å². The Labute approximate surface area is 98.8 Å². The first-order valence-corrected chi connectivity index (χ1v) is 6.08. The van der Waals surface area contributed by atoms with E-state index in [0.717, 1.165) is 23.4 Å². The Balaban J connectivity index is 2.04. The highest BCUT2D eigenvalue weighted by Gasteiger charge is 2.25. The first-order chi connectivity index (χ1) is 7.16. The molecule has 82 valence electrons. The first kappa shape index (κ1) is 10.9. The van der Waals surface area contributed by atoms with E-state index in [2.05, 4.69) is 32.7 Å². The number of halogens is 1. The first-order valence-electron chi connectivity index (χ1n) is 5.29. The van der Waals surface area contributed by atoms with Gasteiger partial charge in [0.2, 0.25) is 0 Å². The number of nitrogens with zero attached hydrogens (tertiary/aromatic N) is 2. The monoisotopic (exact) mass is 269 g/mol. The number of hydrogen-bond acceptors (Lipinski definition) is 3. The maximum absolute atomic E-state index is 5.91. The van der Waals surface area contributed by atoms with Gasteiger partial charge in [-0.3, -0.25) is 0 Å². The van der Waals surface area contributed by atoms with Crippen molar-refractivity contribution in [2.45, 2.75) is 19.4 Å². The minimum atomic E-state index is 0.283. The standard InChI is InChI=1S/C11H16BrN3/c1-8(13)9-4-5-15(7-9)11-3-2-10(12)6-14-11/h2-3,6,8-9H,4-5,7,13H2,1H3. The van der Waals surface area contributed by atoms with Crippen LogP contribution in [-0.4, -0.2) is 24.1 Å². The van der Waals surface area contributed by atoms with E-state index in [-0.39, 0.29) is 6.04 Å². The van der Waals surface area contributed by atoms with E-state index in [1.54, 1.807) is 0 Å².